The first kappa shape index (κ1) is 35.4. The number of aliphatic carboxylic acids is 1. The van der Waals surface area contributed by atoms with Gasteiger partial charge in [0.05, 0.1) is 19.1 Å². The molecule has 0 aromatic rings. The largest absolute Gasteiger partial charge is 0.480 e. The zero-order valence-electron chi connectivity index (χ0n) is 21.8. The maximum atomic E-state index is 13.1. The third-order valence-corrected chi connectivity index (χ3v) is 5.79. The molecule has 5 atom stereocenters. The molecule has 0 fully saturated rings. The maximum absolute atomic E-state index is 13.1. The first-order valence-electron chi connectivity index (χ1n) is 11.9. The molecule has 17 nitrogen and oxygen atoms in total. The number of carbonyl (C=O) groups excluding carboxylic acids is 5. The SMILES string of the molecule is CSCC[C@H](NC(=O)CNC(=O)[C@@H](N)[C@@H](C)O)C(=O)N[C@@H](CCCNC(=N)N)C(=O)N[C@@H](CC(N)=O)C(=O)O. The number of thioether (sulfide) groups is 1. The lowest BCUT2D eigenvalue weighted by Gasteiger charge is -2.24. The number of hydrogen-bond acceptors (Lipinski definition) is 10. The lowest BCUT2D eigenvalue weighted by atomic mass is 10.1. The van der Waals surface area contributed by atoms with E-state index in [-0.39, 0.29) is 31.8 Å². The molecule has 0 bridgehead atoms. The predicted molar refractivity (Wildman–Crippen MR) is 142 cm³/mol. The fourth-order valence-corrected chi connectivity index (χ4v) is 3.47. The van der Waals surface area contributed by atoms with Crippen LogP contribution in [0.4, 0.5) is 0 Å². The summed E-state index contributed by atoms with van der Waals surface area (Å²) in [4.78, 5) is 72.8. The fraction of sp³-hybridized carbons (Fsp3) is 0.667. The second-order valence-electron chi connectivity index (χ2n) is 8.50. The van der Waals surface area contributed by atoms with Gasteiger partial charge in [-0.05, 0) is 38.2 Å². The summed E-state index contributed by atoms with van der Waals surface area (Å²) in [7, 11) is 0. The Morgan fingerprint density at radius 3 is 1.95 bits per heavy atom. The minimum atomic E-state index is -1.63. The van der Waals surface area contributed by atoms with Crippen molar-refractivity contribution in [2.45, 2.75) is 62.9 Å². The second kappa shape index (κ2) is 18.6. The van der Waals surface area contributed by atoms with Crippen LogP contribution in [0.3, 0.4) is 0 Å². The first-order valence-corrected chi connectivity index (χ1v) is 13.3. The van der Waals surface area contributed by atoms with Crippen molar-refractivity contribution in [1.29, 1.82) is 5.41 Å². The topological polar surface area (TPSA) is 305 Å². The van der Waals surface area contributed by atoms with Gasteiger partial charge in [-0.3, -0.25) is 29.4 Å². The molecule has 0 unspecified atom stereocenters. The Hall–Kier alpha value is -3.64. The summed E-state index contributed by atoms with van der Waals surface area (Å²) in [5.74, 6) is -5.51. The summed E-state index contributed by atoms with van der Waals surface area (Å²) in [6.45, 7) is 0.943. The summed E-state index contributed by atoms with van der Waals surface area (Å²) in [6.07, 6.45) is 0.312. The molecule has 0 spiro atoms. The Kier molecular flexibility index (Phi) is 16.9. The smallest absolute Gasteiger partial charge is 0.326 e. The Labute approximate surface area is 229 Å². The molecule has 0 aromatic heterocycles. The third kappa shape index (κ3) is 15.4. The van der Waals surface area contributed by atoms with Gasteiger partial charge in [0, 0.05) is 6.54 Å². The van der Waals surface area contributed by atoms with E-state index in [2.05, 4.69) is 26.6 Å². The van der Waals surface area contributed by atoms with E-state index in [0.717, 1.165) is 0 Å². The highest BCUT2D eigenvalue weighted by Gasteiger charge is 2.30. The number of rotatable bonds is 19. The average Bonchev–Trinajstić information content (AvgIpc) is 2.84. The van der Waals surface area contributed by atoms with Gasteiger partial charge in [0.25, 0.3) is 0 Å². The van der Waals surface area contributed by atoms with Gasteiger partial charge >= 0.3 is 5.97 Å². The van der Waals surface area contributed by atoms with E-state index in [4.69, 9.17) is 22.6 Å². The third-order valence-electron chi connectivity index (χ3n) is 5.15. The van der Waals surface area contributed by atoms with Crippen molar-refractivity contribution in [3.8, 4) is 0 Å². The number of nitrogens with one attached hydrogen (secondary N) is 6. The van der Waals surface area contributed by atoms with Gasteiger partial charge in [-0.25, -0.2) is 4.79 Å². The molecule has 0 aliphatic carbocycles. The fourth-order valence-electron chi connectivity index (χ4n) is 3.00. The van der Waals surface area contributed by atoms with Crippen molar-refractivity contribution >= 4 is 53.2 Å². The van der Waals surface area contributed by atoms with E-state index in [9.17, 15) is 39.0 Å². The summed E-state index contributed by atoms with van der Waals surface area (Å²) in [5.41, 5.74) is 15.8. The summed E-state index contributed by atoms with van der Waals surface area (Å²) >= 11 is 1.39. The molecular weight excluding hydrogens is 538 g/mol. The Morgan fingerprint density at radius 2 is 1.46 bits per heavy atom. The van der Waals surface area contributed by atoms with Gasteiger partial charge in [0.1, 0.15) is 24.2 Å². The van der Waals surface area contributed by atoms with Crippen LogP contribution in [0.25, 0.3) is 0 Å². The highest BCUT2D eigenvalue weighted by Crippen LogP contribution is 2.05. The van der Waals surface area contributed by atoms with Crippen LogP contribution in [0.2, 0.25) is 0 Å². The van der Waals surface area contributed by atoms with E-state index >= 15 is 0 Å². The summed E-state index contributed by atoms with van der Waals surface area (Å²) < 4.78 is 0. The number of nitrogens with two attached hydrogens (primary N) is 3. The van der Waals surface area contributed by atoms with Gasteiger partial charge in [-0.1, -0.05) is 0 Å². The van der Waals surface area contributed by atoms with Gasteiger partial charge in [0.2, 0.25) is 29.5 Å². The zero-order chi connectivity index (χ0) is 30.1. The normalized spacial score (nSPS) is 14.5. The molecular formula is C21H39N9O8S. The van der Waals surface area contributed by atoms with E-state index in [1.165, 1.54) is 18.7 Å². The molecule has 5 amide bonds. The number of amides is 5. The van der Waals surface area contributed by atoms with E-state index in [1.54, 1.807) is 6.26 Å². The second-order valence-corrected chi connectivity index (χ2v) is 9.49. The van der Waals surface area contributed by atoms with Crippen LogP contribution >= 0.6 is 11.8 Å². The van der Waals surface area contributed by atoms with Crippen LogP contribution in [0.5, 0.6) is 0 Å². The Morgan fingerprint density at radius 1 is 0.897 bits per heavy atom. The highest BCUT2D eigenvalue weighted by atomic mass is 32.2. The average molecular weight is 578 g/mol. The molecule has 14 N–H and O–H groups in total. The standard InChI is InChI=1S/C21H39N9O8S/c1-10(31)16(23)19(36)27-9-15(33)28-12(5-7-39-2)18(35)29-11(4-3-6-26-21(24)25)17(34)30-13(20(37)38)8-14(22)32/h10-13,16,31H,3-9,23H2,1-2H3,(H2,22,32)(H,27,36)(H,28,33)(H,29,35)(H,30,34)(H,37,38)(H4,24,25,26)/t10-,11+,12+,13+,16+/m1/s1. The molecule has 18 heteroatoms. The molecule has 0 aliphatic heterocycles. The summed E-state index contributed by atoms with van der Waals surface area (Å²) in [6, 6.07) is -5.29. The Bertz CT molecular complexity index is 889. The van der Waals surface area contributed by atoms with Gasteiger partial charge in [-0.15, -0.1) is 0 Å². The number of guanidine groups is 1. The lowest BCUT2D eigenvalue weighted by molar-refractivity contribution is -0.143. The number of hydrogen-bond donors (Lipinski definition) is 11. The van der Waals surface area contributed by atoms with Crippen molar-refractivity contribution in [2.75, 3.05) is 25.1 Å². The highest BCUT2D eigenvalue weighted by molar-refractivity contribution is 7.98. The van der Waals surface area contributed by atoms with Crippen LogP contribution in [0, 0.1) is 5.41 Å². The van der Waals surface area contributed by atoms with Crippen molar-refractivity contribution in [3.63, 3.8) is 0 Å². The number of carboxylic acid groups (broad SMARTS) is 1. The maximum Gasteiger partial charge on any atom is 0.326 e. The van der Waals surface area contributed by atoms with Crippen molar-refractivity contribution in [3.05, 3.63) is 0 Å². The van der Waals surface area contributed by atoms with Crippen LogP contribution in [0.15, 0.2) is 0 Å². The number of carbonyl (C=O) groups is 6. The molecule has 0 rings (SSSR count). The quantitative estimate of drug-likeness (QED) is 0.0392. The van der Waals surface area contributed by atoms with E-state index in [0.29, 0.717) is 5.75 Å². The summed E-state index contributed by atoms with van der Waals surface area (Å²) in [5, 5.41) is 37.8. The minimum Gasteiger partial charge on any atom is -0.480 e. The zero-order valence-corrected chi connectivity index (χ0v) is 22.6. The molecule has 222 valence electrons. The van der Waals surface area contributed by atoms with Crippen LogP contribution in [0.1, 0.15) is 32.6 Å². The molecule has 0 saturated carbocycles. The van der Waals surface area contributed by atoms with Crippen molar-refractivity contribution < 1.29 is 39.0 Å². The molecule has 39 heavy (non-hydrogen) atoms. The predicted octanol–water partition coefficient (Wildman–Crippen LogP) is -4.76. The van der Waals surface area contributed by atoms with Gasteiger partial charge in [-0.2, -0.15) is 11.8 Å². The van der Waals surface area contributed by atoms with Gasteiger partial charge < -0.3 is 54.0 Å². The number of primary amides is 1. The van der Waals surface area contributed by atoms with Crippen LogP contribution < -0.4 is 43.8 Å². The first-order chi connectivity index (χ1) is 18.2. The molecule has 0 aliphatic rings. The van der Waals surface area contributed by atoms with Crippen LogP contribution in [-0.4, -0.2) is 107 Å². The molecule has 0 aromatic carbocycles. The number of carboxylic acids is 1. The number of aliphatic hydroxyl groups is 1. The Balaban J connectivity index is 5.52. The number of aliphatic hydroxyl groups excluding tert-OH is 1. The van der Waals surface area contributed by atoms with Crippen molar-refractivity contribution in [1.82, 2.24) is 26.6 Å². The lowest BCUT2D eigenvalue weighted by Crippen LogP contribution is -2.57. The van der Waals surface area contributed by atoms with E-state index < -0.39 is 78.7 Å². The molecule has 0 heterocycles. The molecule has 0 radical (unpaired) electrons. The molecule has 0 saturated heterocycles. The van der Waals surface area contributed by atoms with Crippen molar-refractivity contribution in [2.24, 2.45) is 17.2 Å². The minimum absolute atomic E-state index is 0.0166. The van der Waals surface area contributed by atoms with Gasteiger partial charge in [0.15, 0.2) is 5.96 Å². The van der Waals surface area contributed by atoms with E-state index in [1.807, 2.05) is 0 Å². The van der Waals surface area contributed by atoms with Crippen LogP contribution in [-0.2, 0) is 28.8 Å². The monoisotopic (exact) mass is 577 g/mol.